The quantitative estimate of drug-likeness (QED) is 0.913. The van der Waals surface area contributed by atoms with E-state index in [0.29, 0.717) is 0 Å². The second kappa shape index (κ2) is 5.81. The molecule has 2 aliphatic rings. The molecule has 1 saturated carbocycles. The smallest absolute Gasteiger partial charge is 0.183 e. The maximum atomic E-state index is 4.58. The molecule has 21 heavy (non-hydrogen) atoms. The Hall–Kier alpha value is -1.33. The lowest BCUT2D eigenvalue weighted by Crippen LogP contribution is -2.44. The molecule has 0 radical (unpaired) electrons. The third-order valence-electron chi connectivity index (χ3n) is 4.46. The lowest BCUT2D eigenvalue weighted by Gasteiger charge is -2.31. The molecule has 114 valence electrons. The summed E-state index contributed by atoms with van der Waals surface area (Å²) in [6.07, 6.45) is 5.67. The van der Waals surface area contributed by atoms with Crippen LogP contribution >= 0.6 is 12.4 Å². The minimum Gasteiger partial charge on any atom is -0.368 e. The van der Waals surface area contributed by atoms with Crippen LogP contribution in [-0.2, 0) is 6.42 Å². The highest BCUT2D eigenvalue weighted by molar-refractivity contribution is 5.94. The zero-order valence-electron chi connectivity index (χ0n) is 12.4. The number of H-pyrrole nitrogens is 1. The van der Waals surface area contributed by atoms with E-state index < -0.39 is 0 Å². The average molecular weight is 308 g/mol. The predicted octanol–water partition coefficient (Wildman–Crippen LogP) is 2.23. The van der Waals surface area contributed by atoms with E-state index in [-0.39, 0.29) is 12.4 Å². The SMILES string of the molecule is CCc1[nH]nc2ncc(C3CC3)c(N3CCNCC3)c12.Cl. The van der Waals surface area contributed by atoms with Crippen molar-refractivity contribution in [3.8, 4) is 0 Å². The van der Waals surface area contributed by atoms with Crippen LogP contribution in [0.2, 0.25) is 0 Å². The van der Waals surface area contributed by atoms with Crippen LogP contribution < -0.4 is 10.2 Å². The predicted molar refractivity (Wildman–Crippen MR) is 87.6 cm³/mol. The molecule has 1 aliphatic heterocycles. The number of nitrogens with one attached hydrogen (secondary N) is 2. The molecule has 0 bridgehead atoms. The van der Waals surface area contributed by atoms with Crippen LogP contribution in [0.25, 0.3) is 11.0 Å². The van der Waals surface area contributed by atoms with Gasteiger partial charge in [-0.15, -0.1) is 12.4 Å². The molecule has 5 nitrogen and oxygen atoms in total. The molecule has 6 heteroatoms. The minimum absolute atomic E-state index is 0. The van der Waals surface area contributed by atoms with Gasteiger partial charge in [0.15, 0.2) is 5.65 Å². The lowest BCUT2D eigenvalue weighted by atomic mass is 10.0. The number of anilines is 1. The summed E-state index contributed by atoms with van der Waals surface area (Å²) < 4.78 is 0. The minimum atomic E-state index is 0. The van der Waals surface area contributed by atoms with Crippen LogP contribution in [0.4, 0.5) is 5.69 Å². The number of halogens is 1. The van der Waals surface area contributed by atoms with E-state index in [4.69, 9.17) is 0 Å². The number of nitrogens with zero attached hydrogens (tertiary/aromatic N) is 3. The summed E-state index contributed by atoms with van der Waals surface area (Å²) >= 11 is 0. The number of hydrogen-bond acceptors (Lipinski definition) is 4. The summed E-state index contributed by atoms with van der Waals surface area (Å²) in [6, 6.07) is 0. The van der Waals surface area contributed by atoms with Crippen LogP contribution in [0.15, 0.2) is 6.20 Å². The topological polar surface area (TPSA) is 56.8 Å². The average Bonchev–Trinajstić information content (AvgIpc) is 3.26. The third kappa shape index (κ3) is 2.49. The van der Waals surface area contributed by atoms with Crippen molar-refractivity contribution in [2.24, 2.45) is 0 Å². The molecule has 2 aromatic heterocycles. The first-order chi connectivity index (χ1) is 9.88. The van der Waals surface area contributed by atoms with Crippen LogP contribution in [0.1, 0.15) is 36.9 Å². The van der Waals surface area contributed by atoms with Gasteiger partial charge in [0.05, 0.1) is 11.1 Å². The number of fused-ring (bicyclic) bond motifs is 1. The van der Waals surface area contributed by atoms with Crippen molar-refractivity contribution in [2.45, 2.75) is 32.1 Å². The fourth-order valence-electron chi connectivity index (χ4n) is 3.22. The third-order valence-corrected chi connectivity index (χ3v) is 4.46. The summed E-state index contributed by atoms with van der Waals surface area (Å²) in [4.78, 5) is 7.11. The molecule has 3 heterocycles. The van der Waals surface area contributed by atoms with Crippen molar-refractivity contribution < 1.29 is 0 Å². The van der Waals surface area contributed by atoms with Gasteiger partial charge in [0.25, 0.3) is 0 Å². The van der Waals surface area contributed by atoms with Gasteiger partial charge < -0.3 is 10.2 Å². The van der Waals surface area contributed by atoms with Gasteiger partial charge >= 0.3 is 0 Å². The van der Waals surface area contributed by atoms with Crippen LogP contribution in [0, 0.1) is 0 Å². The number of aromatic nitrogens is 3. The number of pyridine rings is 1. The van der Waals surface area contributed by atoms with Crippen molar-refractivity contribution in [3.63, 3.8) is 0 Å². The van der Waals surface area contributed by atoms with Crippen LogP contribution in [0.5, 0.6) is 0 Å². The Morgan fingerprint density at radius 2 is 2.05 bits per heavy atom. The summed E-state index contributed by atoms with van der Waals surface area (Å²) in [7, 11) is 0. The molecule has 0 amide bonds. The summed E-state index contributed by atoms with van der Waals surface area (Å²) in [6.45, 7) is 6.46. The molecule has 0 spiro atoms. The summed E-state index contributed by atoms with van der Waals surface area (Å²) in [5, 5.41) is 12.3. The fourth-order valence-corrected chi connectivity index (χ4v) is 3.22. The first-order valence-electron chi connectivity index (χ1n) is 7.70. The van der Waals surface area contributed by atoms with Gasteiger partial charge in [-0.3, -0.25) is 5.10 Å². The fraction of sp³-hybridized carbons (Fsp3) is 0.600. The highest BCUT2D eigenvalue weighted by Crippen LogP contribution is 2.46. The Morgan fingerprint density at radius 3 is 2.71 bits per heavy atom. The maximum Gasteiger partial charge on any atom is 0.183 e. The second-order valence-corrected chi connectivity index (χ2v) is 5.83. The maximum absolute atomic E-state index is 4.58. The van der Waals surface area contributed by atoms with Gasteiger partial charge in [-0.2, -0.15) is 5.10 Å². The number of rotatable bonds is 3. The van der Waals surface area contributed by atoms with Gasteiger partial charge in [-0.25, -0.2) is 4.98 Å². The van der Waals surface area contributed by atoms with Crippen molar-refractivity contribution in [1.82, 2.24) is 20.5 Å². The highest BCUT2D eigenvalue weighted by Gasteiger charge is 2.31. The molecule has 1 saturated heterocycles. The Kier molecular flexibility index (Phi) is 4.04. The van der Waals surface area contributed by atoms with E-state index in [9.17, 15) is 0 Å². The Balaban J connectivity index is 0.00000132. The summed E-state index contributed by atoms with van der Waals surface area (Å²) in [5.74, 6) is 0.719. The van der Waals surface area contributed by atoms with Crippen molar-refractivity contribution >= 4 is 29.1 Å². The zero-order chi connectivity index (χ0) is 13.5. The van der Waals surface area contributed by atoms with Gasteiger partial charge in [0.1, 0.15) is 0 Å². The molecular weight excluding hydrogens is 286 g/mol. The molecule has 0 unspecified atom stereocenters. The van der Waals surface area contributed by atoms with Gasteiger partial charge in [0, 0.05) is 38.1 Å². The first kappa shape index (κ1) is 14.6. The molecule has 2 fully saturated rings. The highest BCUT2D eigenvalue weighted by atomic mass is 35.5. The van der Waals surface area contributed by atoms with Gasteiger partial charge in [0.2, 0.25) is 0 Å². The van der Waals surface area contributed by atoms with Crippen molar-refractivity contribution in [3.05, 3.63) is 17.5 Å². The van der Waals surface area contributed by atoms with E-state index in [1.54, 1.807) is 0 Å². The number of aromatic amines is 1. The zero-order valence-corrected chi connectivity index (χ0v) is 13.2. The Morgan fingerprint density at radius 1 is 1.29 bits per heavy atom. The largest absolute Gasteiger partial charge is 0.368 e. The molecule has 0 aromatic carbocycles. The Labute approximate surface area is 130 Å². The normalized spacial score (nSPS) is 18.8. The molecule has 2 N–H and O–H groups in total. The second-order valence-electron chi connectivity index (χ2n) is 5.83. The Bertz CT molecular complexity index is 628. The molecule has 4 rings (SSSR count). The van der Waals surface area contributed by atoms with E-state index in [1.165, 1.54) is 35.2 Å². The summed E-state index contributed by atoms with van der Waals surface area (Å²) in [5.41, 5.74) is 4.95. The van der Waals surface area contributed by atoms with Gasteiger partial charge in [-0.1, -0.05) is 6.92 Å². The van der Waals surface area contributed by atoms with Crippen LogP contribution in [-0.4, -0.2) is 41.4 Å². The lowest BCUT2D eigenvalue weighted by molar-refractivity contribution is 0.588. The molecule has 0 atom stereocenters. The van der Waals surface area contributed by atoms with Crippen LogP contribution in [0.3, 0.4) is 0 Å². The molecular formula is C15H22ClN5. The van der Waals surface area contributed by atoms with E-state index in [1.807, 2.05) is 0 Å². The van der Waals surface area contributed by atoms with Crippen molar-refractivity contribution in [1.29, 1.82) is 0 Å². The number of hydrogen-bond donors (Lipinski definition) is 2. The number of piperazine rings is 1. The van der Waals surface area contributed by atoms with Crippen molar-refractivity contribution in [2.75, 3.05) is 31.1 Å². The van der Waals surface area contributed by atoms with E-state index in [0.717, 1.165) is 44.2 Å². The van der Waals surface area contributed by atoms with E-state index >= 15 is 0 Å². The standard InChI is InChI=1S/C15H21N5.ClH/c1-2-12-13-14(20-7-5-16-6-8-20)11(10-3-4-10)9-17-15(13)19-18-12;/h9-10,16H,2-8H2,1H3,(H,17,18,19);1H. The first-order valence-corrected chi connectivity index (χ1v) is 7.70. The van der Waals surface area contributed by atoms with Gasteiger partial charge in [-0.05, 0) is 30.7 Å². The van der Waals surface area contributed by atoms with E-state index in [2.05, 4.69) is 38.5 Å². The number of aryl methyl sites for hydroxylation is 1. The molecule has 2 aromatic rings. The molecule has 1 aliphatic carbocycles. The monoisotopic (exact) mass is 307 g/mol.